The molecule has 90 valence electrons. The van der Waals surface area contributed by atoms with Gasteiger partial charge in [-0.2, -0.15) is 0 Å². The van der Waals surface area contributed by atoms with E-state index in [2.05, 4.69) is 25.7 Å². The van der Waals surface area contributed by atoms with Gasteiger partial charge in [0, 0.05) is 25.7 Å². The predicted octanol–water partition coefficient (Wildman–Crippen LogP) is 1.61. The SMILES string of the molecule is CCOC1(CCN)CCN(C(C)C)CC1. The number of likely N-dealkylation sites (tertiary alicyclic amines) is 1. The van der Waals surface area contributed by atoms with E-state index in [0.29, 0.717) is 6.04 Å². The molecule has 2 N–H and O–H groups in total. The topological polar surface area (TPSA) is 38.5 Å². The second kappa shape index (κ2) is 5.83. The molecule has 0 aromatic rings. The molecular weight excluding hydrogens is 188 g/mol. The molecule has 0 radical (unpaired) electrons. The molecule has 1 fully saturated rings. The van der Waals surface area contributed by atoms with Crippen LogP contribution in [0.15, 0.2) is 0 Å². The molecule has 1 aliphatic heterocycles. The third-order valence-corrected chi connectivity index (χ3v) is 3.49. The molecule has 0 amide bonds. The Labute approximate surface area is 94.0 Å². The molecule has 0 spiro atoms. The summed E-state index contributed by atoms with van der Waals surface area (Å²) in [6.45, 7) is 10.4. The predicted molar refractivity (Wildman–Crippen MR) is 64.0 cm³/mol. The van der Waals surface area contributed by atoms with Gasteiger partial charge in [-0.05, 0) is 46.6 Å². The van der Waals surface area contributed by atoms with Gasteiger partial charge in [-0.25, -0.2) is 0 Å². The van der Waals surface area contributed by atoms with E-state index in [1.54, 1.807) is 0 Å². The maximum atomic E-state index is 5.93. The van der Waals surface area contributed by atoms with E-state index in [9.17, 15) is 0 Å². The van der Waals surface area contributed by atoms with Crippen LogP contribution >= 0.6 is 0 Å². The summed E-state index contributed by atoms with van der Waals surface area (Å²) in [4.78, 5) is 2.52. The first kappa shape index (κ1) is 12.9. The molecule has 0 atom stereocenters. The van der Waals surface area contributed by atoms with E-state index in [1.165, 1.54) is 0 Å². The molecule has 15 heavy (non-hydrogen) atoms. The van der Waals surface area contributed by atoms with Crippen molar-refractivity contribution < 1.29 is 4.74 Å². The summed E-state index contributed by atoms with van der Waals surface area (Å²) in [5.74, 6) is 0. The highest BCUT2D eigenvalue weighted by Crippen LogP contribution is 2.30. The summed E-state index contributed by atoms with van der Waals surface area (Å²) >= 11 is 0. The monoisotopic (exact) mass is 214 g/mol. The van der Waals surface area contributed by atoms with Gasteiger partial charge in [0.1, 0.15) is 0 Å². The number of nitrogens with zero attached hydrogens (tertiary/aromatic N) is 1. The van der Waals surface area contributed by atoms with Gasteiger partial charge in [-0.15, -0.1) is 0 Å². The number of piperidine rings is 1. The molecular formula is C12H26N2O. The highest BCUT2D eigenvalue weighted by molar-refractivity contribution is 4.88. The Morgan fingerprint density at radius 3 is 2.33 bits per heavy atom. The van der Waals surface area contributed by atoms with E-state index >= 15 is 0 Å². The van der Waals surface area contributed by atoms with E-state index < -0.39 is 0 Å². The molecule has 1 heterocycles. The Kier molecular flexibility index (Phi) is 5.03. The molecule has 0 bridgehead atoms. The van der Waals surface area contributed by atoms with Gasteiger partial charge in [0.05, 0.1) is 5.60 Å². The lowest BCUT2D eigenvalue weighted by molar-refractivity contribution is -0.0862. The molecule has 0 saturated carbocycles. The largest absolute Gasteiger partial charge is 0.375 e. The van der Waals surface area contributed by atoms with Crippen LogP contribution in [0.5, 0.6) is 0 Å². The van der Waals surface area contributed by atoms with Crippen LogP contribution in [-0.2, 0) is 4.74 Å². The lowest BCUT2D eigenvalue weighted by Gasteiger charge is -2.43. The zero-order chi connectivity index (χ0) is 11.3. The second-order valence-electron chi connectivity index (χ2n) is 4.78. The lowest BCUT2D eigenvalue weighted by Crippen LogP contribution is -2.49. The molecule has 1 rings (SSSR count). The molecule has 1 aliphatic rings. The minimum absolute atomic E-state index is 0.0783. The number of hydrogen-bond acceptors (Lipinski definition) is 3. The van der Waals surface area contributed by atoms with Crippen molar-refractivity contribution in [2.45, 2.75) is 51.7 Å². The van der Waals surface area contributed by atoms with Crippen LogP contribution < -0.4 is 5.73 Å². The fourth-order valence-corrected chi connectivity index (χ4v) is 2.48. The van der Waals surface area contributed by atoms with Crippen molar-refractivity contribution in [3.63, 3.8) is 0 Å². The number of rotatable bonds is 5. The first-order chi connectivity index (χ1) is 7.13. The average Bonchev–Trinajstić information content (AvgIpc) is 2.19. The van der Waals surface area contributed by atoms with Crippen molar-refractivity contribution in [2.75, 3.05) is 26.2 Å². The third kappa shape index (κ3) is 3.44. The summed E-state index contributed by atoms with van der Waals surface area (Å²) < 4.78 is 5.93. The number of nitrogens with two attached hydrogens (primary N) is 1. The van der Waals surface area contributed by atoms with Crippen LogP contribution in [0.1, 0.15) is 40.0 Å². The van der Waals surface area contributed by atoms with Crippen LogP contribution in [0.3, 0.4) is 0 Å². The summed E-state index contributed by atoms with van der Waals surface area (Å²) in [5.41, 5.74) is 5.75. The molecule has 3 nitrogen and oxygen atoms in total. The van der Waals surface area contributed by atoms with Crippen LogP contribution in [0.4, 0.5) is 0 Å². The highest BCUT2D eigenvalue weighted by Gasteiger charge is 2.34. The molecule has 1 saturated heterocycles. The Balaban J connectivity index is 2.49. The van der Waals surface area contributed by atoms with Gasteiger partial charge in [0.15, 0.2) is 0 Å². The van der Waals surface area contributed by atoms with Crippen LogP contribution in [0, 0.1) is 0 Å². The van der Waals surface area contributed by atoms with Gasteiger partial charge >= 0.3 is 0 Å². The summed E-state index contributed by atoms with van der Waals surface area (Å²) in [6.07, 6.45) is 3.28. The third-order valence-electron chi connectivity index (χ3n) is 3.49. The van der Waals surface area contributed by atoms with Gasteiger partial charge in [0.2, 0.25) is 0 Å². The summed E-state index contributed by atoms with van der Waals surface area (Å²) in [7, 11) is 0. The number of hydrogen-bond donors (Lipinski definition) is 1. The fourth-order valence-electron chi connectivity index (χ4n) is 2.48. The van der Waals surface area contributed by atoms with E-state index in [1.807, 2.05) is 0 Å². The quantitative estimate of drug-likeness (QED) is 0.755. The smallest absolute Gasteiger partial charge is 0.0718 e. The van der Waals surface area contributed by atoms with E-state index in [-0.39, 0.29) is 5.60 Å². The van der Waals surface area contributed by atoms with Gasteiger partial charge in [0.25, 0.3) is 0 Å². The molecule has 0 aliphatic carbocycles. The van der Waals surface area contributed by atoms with Crippen molar-refractivity contribution in [1.82, 2.24) is 4.90 Å². The first-order valence-electron chi connectivity index (χ1n) is 6.21. The Morgan fingerprint density at radius 2 is 1.93 bits per heavy atom. The van der Waals surface area contributed by atoms with Gasteiger partial charge in [-0.1, -0.05) is 0 Å². The van der Waals surface area contributed by atoms with Crippen molar-refractivity contribution >= 4 is 0 Å². The highest BCUT2D eigenvalue weighted by atomic mass is 16.5. The Bertz CT molecular complexity index is 166. The van der Waals surface area contributed by atoms with Crippen LogP contribution in [0.2, 0.25) is 0 Å². The molecule has 3 heteroatoms. The van der Waals surface area contributed by atoms with Crippen LogP contribution in [-0.4, -0.2) is 42.8 Å². The van der Waals surface area contributed by atoms with Crippen molar-refractivity contribution in [3.05, 3.63) is 0 Å². The maximum absolute atomic E-state index is 5.93. The Hall–Kier alpha value is -0.120. The average molecular weight is 214 g/mol. The lowest BCUT2D eigenvalue weighted by atomic mass is 9.87. The van der Waals surface area contributed by atoms with Crippen molar-refractivity contribution in [3.8, 4) is 0 Å². The normalized spacial score (nSPS) is 22.2. The maximum Gasteiger partial charge on any atom is 0.0718 e. The first-order valence-corrected chi connectivity index (χ1v) is 6.21. The summed E-state index contributed by atoms with van der Waals surface area (Å²) in [5, 5.41) is 0. The summed E-state index contributed by atoms with van der Waals surface area (Å²) in [6, 6.07) is 0.655. The standard InChI is InChI=1S/C12H26N2O/c1-4-15-12(5-8-13)6-9-14(10-7-12)11(2)3/h11H,4-10,13H2,1-3H3. The zero-order valence-corrected chi connectivity index (χ0v) is 10.5. The molecule has 0 unspecified atom stereocenters. The van der Waals surface area contributed by atoms with Gasteiger partial charge in [-0.3, -0.25) is 0 Å². The van der Waals surface area contributed by atoms with Crippen molar-refractivity contribution in [2.24, 2.45) is 5.73 Å². The minimum atomic E-state index is 0.0783. The molecule has 0 aromatic heterocycles. The number of ether oxygens (including phenoxy) is 1. The fraction of sp³-hybridized carbons (Fsp3) is 1.00. The van der Waals surface area contributed by atoms with E-state index in [0.717, 1.165) is 45.5 Å². The molecule has 0 aromatic carbocycles. The second-order valence-corrected chi connectivity index (χ2v) is 4.78. The van der Waals surface area contributed by atoms with Crippen molar-refractivity contribution in [1.29, 1.82) is 0 Å². The van der Waals surface area contributed by atoms with Gasteiger partial charge < -0.3 is 15.4 Å². The van der Waals surface area contributed by atoms with Crippen LogP contribution in [0.25, 0.3) is 0 Å². The minimum Gasteiger partial charge on any atom is -0.375 e. The van der Waals surface area contributed by atoms with E-state index in [4.69, 9.17) is 10.5 Å². The zero-order valence-electron chi connectivity index (χ0n) is 10.5. The Morgan fingerprint density at radius 1 is 1.33 bits per heavy atom.